The SMILES string of the molecule is Bc1c(B)c(B)c(Nc2ccc(C(C)(C)C)cc2)c(B)c1B. The number of rotatable bonds is 2. The first-order valence-corrected chi connectivity index (χ1v) is 8.07. The van der Waals surface area contributed by atoms with Crippen LogP contribution < -0.4 is 32.6 Å². The molecule has 22 heavy (non-hydrogen) atoms. The highest BCUT2D eigenvalue weighted by Gasteiger charge is 2.14. The molecule has 1 N–H and O–H groups in total. The summed E-state index contributed by atoms with van der Waals surface area (Å²) >= 11 is 0. The molecule has 0 saturated heterocycles. The molecule has 2 aromatic carbocycles. The fourth-order valence-corrected chi connectivity index (χ4v) is 2.89. The quantitative estimate of drug-likeness (QED) is 0.555. The maximum atomic E-state index is 3.63. The van der Waals surface area contributed by atoms with Crippen LogP contribution in [0.3, 0.4) is 0 Å². The molecule has 0 unspecified atom stereocenters. The Labute approximate surface area is 139 Å². The van der Waals surface area contributed by atoms with Gasteiger partial charge in [0.25, 0.3) is 0 Å². The Kier molecular flexibility index (Phi) is 4.61. The lowest BCUT2D eigenvalue weighted by Gasteiger charge is -2.22. The molecule has 6 heteroatoms. The molecule has 0 aliphatic rings. The van der Waals surface area contributed by atoms with Gasteiger partial charge in [0.1, 0.15) is 39.2 Å². The van der Waals surface area contributed by atoms with Crippen molar-refractivity contribution < 1.29 is 0 Å². The van der Waals surface area contributed by atoms with Crippen LogP contribution in [0.1, 0.15) is 26.3 Å². The van der Waals surface area contributed by atoms with Gasteiger partial charge in [-0.05, 0) is 23.1 Å². The van der Waals surface area contributed by atoms with Crippen LogP contribution in [0.15, 0.2) is 24.3 Å². The molecular formula is C16H24B5N. The second-order valence-corrected chi connectivity index (χ2v) is 7.45. The van der Waals surface area contributed by atoms with Gasteiger partial charge in [-0.2, -0.15) is 0 Å². The third kappa shape index (κ3) is 3.16. The molecule has 0 spiro atoms. The second-order valence-electron chi connectivity index (χ2n) is 7.45. The molecule has 2 rings (SSSR count). The fourth-order valence-electron chi connectivity index (χ4n) is 2.89. The van der Waals surface area contributed by atoms with Gasteiger partial charge in [0.15, 0.2) is 0 Å². The Hall–Kier alpha value is -1.44. The lowest BCUT2D eigenvalue weighted by Crippen LogP contribution is -2.55. The Morgan fingerprint density at radius 2 is 1.09 bits per heavy atom. The summed E-state index contributed by atoms with van der Waals surface area (Å²) in [4.78, 5) is 0. The van der Waals surface area contributed by atoms with Crippen molar-refractivity contribution in [2.45, 2.75) is 26.2 Å². The zero-order valence-electron chi connectivity index (χ0n) is 15.3. The largest absolute Gasteiger partial charge is 0.356 e. The van der Waals surface area contributed by atoms with Crippen molar-refractivity contribution >= 4 is 77.9 Å². The Bertz CT molecular complexity index is 673. The summed E-state index contributed by atoms with van der Waals surface area (Å²) in [6.45, 7) is 6.74. The molecule has 0 amide bonds. The zero-order chi connectivity index (χ0) is 16.7. The van der Waals surface area contributed by atoms with E-state index in [0.717, 1.165) is 5.69 Å². The van der Waals surface area contributed by atoms with E-state index in [1.54, 1.807) is 0 Å². The predicted molar refractivity (Wildman–Crippen MR) is 116 cm³/mol. The number of hydrogen-bond donors (Lipinski definition) is 1. The van der Waals surface area contributed by atoms with Gasteiger partial charge < -0.3 is 5.32 Å². The highest BCUT2D eigenvalue weighted by Crippen LogP contribution is 2.24. The Balaban J connectivity index is 2.40. The summed E-state index contributed by atoms with van der Waals surface area (Å²) in [5.41, 5.74) is 10.8. The molecule has 0 aliphatic heterocycles. The van der Waals surface area contributed by atoms with Crippen molar-refractivity contribution in [1.29, 1.82) is 0 Å². The van der Waals surface area contributed by atoms with Crippen molar-refractivity contribution in [3.8, 4) is 0 Å². The smallest absolute Gasteiger partial charge is 0.141 e. The van der Waals surface area contributed by atoms with E-state index in [4.69, 9.17) is 0 Å². The molecule has 0 radical (unpaired) electrons. The molecular weight excluding hydrogens is 260 g/mol. The van der Waals surface area contributed by atoms with Gasteiger partial charge in [0.2, 0.25) is 0 Å². The maximum Gasteiger partial charge on any atom is 0.141 e. The van der Waals surface area contributed by atoms with Gasteiger partial charge in [-0.25, -0.2) is 0 Å². The van der Waals surface area contributed by atoms with E-state index in [-0.39, 0.29) is 5.41 Å². The molecule has 2 aromatic rings. The summed E-state index contributed by atoms with van der Waals surface area (Å²) in [5, 5.41) is 3.63. The van der Waals surface area contributed by atoms with Crippen LogP contribution in [0.25, 0.3) is 0 Å². The van der Waals surface area contributed by atoms with Crippen molar-refractivity contribution in [2.75, 3.05) is 5.32 Å². The normalized spacial score (nSPS) is 11.4. The van der Waals surface area contributed by atoms with Crippen LogP contribution in [0.4, 0.5) is 11.4 Å². The van der Waals surface area contributed by atoms with E-state index in [2.05, 4.69) is 89.6 Å². The van der Waals surface area contributed by atoms with Crippen molar-refractivity contribution in [2.24, 2.45) is 0 Å². The molecule has 0 saturated carbocycles. The third-order valence-electron chi connectivity index (χ3n) is 5.02. The van der Waals surface area contributed by atoms with Gasteiger partial charge in [-0.3, -0.25) is 0 Å². The molecule has 0 aliphatic carbocycles. The number of nitrogens with one attached hydrogen (secondary N) is 1. The molecule has 0 bridgehead atoms. The second kappa shape index (κ2) is 5.99. The van der Waals surface area contributed by atoms with E-state index < -0.39 is 0 Å². The van der Waals surface area contributed by atoms with E-state index in [0.29, 0.717) is 0 Å². The minimum Gasteiger partial charge on any atom is -0.356 e. The van der Waals surface area contributed by atoms with Gasteiger partial charge in [0, 0.05) is 11.4 Å². The highest BCUT2D eigenvalue weighted by molar-refractivity contribution is 6.68. The maximum absolute atomic E-state index is 3.63. The van der Waals surface area contributed by atoms with Crippen molar-refractivity contribution in [3.63, 3.8) is 0 Å². The molecule has 0 atom stereocenters. The van der Waals surface area contributed by atoms with Crippen molar-refractivity contribution in [1.82, 2.24) is 0 Å². The number of anilines is 2. The number of hydrogen-bond acceptors (Lipinski definition) is 1. The van der Waals surface area contributed by atoms with E-state index >= 15 is 0 Å². The van der Waals surface area contributed by atoms with E-state index in [9.17, 15) is 0 Å². The number of benzene rings is 2. The summed E-state index contributed by atoms with van der Waals surface area (Å²) in [7, 11) is 11.1. The average molecular weight is 284 g/mol. The van der Waals surface area contributed by atoms with Gasteiger partial charge >= 0.3 is 0 Å². The topological polar surface area (TPSA) is 12.0 Å². The lowest BCUT2D eigenvalue weighted by molar-refractivity contribution is 0.590. The molecule has 108 valence electrons. The minimum atomic E-state index is 0.196. The first kappa shape index (κ1) is 16.9. The Morgan fingerprint density at radius 1 is 0.682 bits per heavy atom. The van der Waals surface area contributed by atoms with Crippen LogP contribution in [0, 0.1) is 0 Å². The van der Waals surface area contributed by atoms with Gasteiger partial charge in [-0.15, -0.1) is 5.46 Å². The summed E-state index contributed by atoms with van der Waals surface area (Å²) in [5.74, 6) is 0. The minimum absolute atomic E-state index is 0.196. The molecule has 0 aromatic heterocycles. The van der Waals surface area contributed by atoms with Gasteiger partial charge in [-0.1, -0.05) is 54.8 Å². The fraction of sp³-hybridized carbons (Fsp3) is 0.250. The van der Waals surface area contributed by atoms with E-state index in [1.165, 1.54) is 38.6 Å². The average Bonchev–Trinajstić information content (AvgIpc) is 2.47. The van der Waals surface area contributed by atoms with Crippen LogP contribution in [0.2, 0.25) is 0 Å². The standard InChI is InChI=1S/C16H24B5N/c1-16(2,3)8-4-6-9(7-5-8)22-15-13(20)11(18)10(17)12(19)14(15)21/h4-7,22H,17-21H2,1-3H3. The zero-order valence-corrected chi connectivity index (χ0v) is 15.3. The predicted octanol–water partition coefficient (Wildman–Crippen LogP) is -3.98. The van der Waals surface area contributed by atoms with E-state index in [1.807, 2.05) is 0 Å². The lowest BCUT2D eigenvalue weighted by atomic mass is 9.61. The summed E-state index contributed by atoms with van der Waals surface area (Å²) in [6, 6.07) is 8.82. The third-order valence-corrected chi connectivity index (χ3v) is 5.02. The van der Waals surface area contributed by atoms with Crippen LogP contribution in [-0.4, -0.2) is 39.2 Å². The van der Waals surface area contributed by atoms with Crippen LogP contribution in [0.5, 0.6) is 0 Å². The van der Waals surface area contributed by atoms with Crippen LogP contribution in [-0.2, 0) is 5.41 Å². The molecule has 0 fully saturated rings. The van der Waals surface area contributed by atoms with Crippen LogP contribution >= 0.6 is 0 Å². The first-order valence-electron chi connectivity index (χ1n) is 8.07. The van der Waals surface area contributed by atoms with Crippen molar-refractivity contribution in [3.05, 3.63) is 29.8 Å². The molecule has 1 nitrogen and oxygen atoms in total. The highest BCUT2D eigenvalue weighted by atomic mass is 14.9. The Morgan fingerprint density at radius 3 is 1.50 bits per heavy atom. The molecule has 0 heterocycles. The summed E-state index contributed by atoms with van der Waals surface area (Å²) in [6.07, 6.45) is 0. The monoisotopic (exact) mass is 285 g/mol. The summed E-state index contributed by atoms with van der Waals surface area (Å²) < 4.78 is 0. The first-order chi connectivity index (χ1) is 10.1. The van der Waals surface area contributed by atoms with Gasteiger partial charge in [0.05, 0.1) is 0 Å².